The van der Waals surface area contributed by atoms with Crippen LogP contribution in [0.15, 0.2) is 24.3 Å². The Bertz CT molecular complexity index is 340. The quantitative estimate of drug-likeness (QED) is 0.845. The van der Waals surface area contributed by atoms with Crippen molar-refractivity contribution in [2.75, 3.05) is 13.2 Å². The zero-order chi connectivity index (χ0) is 11.4. The third kappa shape index (κ3) is 2.74. The summed E-state index contributed by atoms with van der Waals surface area (Å²) in [6.45, 7) is 3.47. The van der Waals surface area contributed by atoms with E-state index >= 15 is 0 Å². The fourth-order valence-corrected chi connectivity index (χ4v) is 1.86. The van der Waals surface area contributed by atoms with E-state index in [1.165, 1.54) is 5.56 Å². The summed E-state index contributed by atoms with van der Waals surface area (Å²) in [5.74, 6) is 0.894. The first-order chi connectivity index (χ1) is 7.79. The van der Waals surface area contributed by atoms with E-state index in [9.17, 15) is 0 Å². The van der Waals surface area contributed by atoms with Crippen molar-refractivity contribution in [2.45, 2.75) is 31.9 Å². The van der Waals surface area contributed by atoms with Crippen LogP contribution in [0.1, 0.15) is 18.9 Å². The topological polar surface area (TPSA) is 44.5 Å². The second kappa shape index (κ2) is 5.32. The molecule has 1 heterocycles. The van der Waals surface area contributed by atoms with Gasteiger partial charge in [0.1, 0.15) is 11.9 Å². The maximum absolute atomic E-state index is 5.99. The lowest BCUT2D eigenvalue weighted by Gasteiger charge is -2.29. The Hall–Kier alpha value is -1.06. The normalized spacial score (nSPS) is 25.4. The summed E-state index contributed by atoms with van der Waals surface area (Å²) < 4.78 is 11.2. The van der Waals surface area contributed by atoms with Crippen LogP contribution < -0.4 is 10.5 Å². The van der Waals surface area contributed by atoms with Gasteiger partial charge in [-0.2, -0.15) is 0 Å². The molecule has 2 unspecified atom stereocenters. The van der Waals surface area contributed by atoms with Gasteiger partial charge in [0.25, 0.3) is 0 Å². The predicted octanol–water partition coefficient (Wildman–Crippen LogP) is 1.74. The molecule has 1 fully saturated rings. The molecule has 2 atom stereocenters. The van der Waals surface area contributed by atoms with Crippen molar-refractivity contribution in [1.82, 2.24) is 0 Å². The number of hydrogen-bond donors (Lipinski definition) is 1. The zero-order valence-corrected chi connectivity index (χ0v) is 9.69. The van der Waals surface area contributed by atoms with Crippen molar-refractivity contribution in [3.63, 3.8) is 0 Å². The lowest BCUT2D eigenvalue weighted by molar-refractivity contribution is -0.00534. The number of hydrogen-bond acceptors (Lipinski definition) is 3. The number of rotatable bonds is 3. The van der Waals surface area contributed by atoms with E-state index in [-0.39, 0.29) is 12.1 Å². The number of nitrogens with two attached hydrogens (primary N) is 1. The molecule has 0 aliphatic carbocycles. The Kier molecular flexibility index (Phi) is 3.80. The maximum Gasteiger partial charge on any atom is 0.137 e. The molecule has 2 N–H and O–H groups in total. The van der Waals surface area contributed by atoms with Crippen LogP contribution in [0.4, 0.5) is 0 Å². The lowest BCUT2D eigenvalue weighted by Crippen LogP contribution is -2.46. The molecule has 88 valence electrons. The molecule has 2 rings (SSSR count). The highest BCUT2D eigenvalue weighted by Crippen LogP contribution is 2.18. The van der Waals surface area contributed by atoms with Crippen LogP contribution in [0.3, 0.4) is 0 Å². The van der Waals surface area contributed by atoms with Crippen molar-refractivity contribution in [1.29, 1.82) is 0 Å². The Morgan fingerprint density at radius 2 is 2.38 bits per heavy atom. The van der Waals surface area contributed by atoms with E-state index in [0.29, 0.717) is 6.61 Å². The molecule has 1 aromatic carbocycles. The second-order valence-electron chi connectivity index (χ2n) is 4.18. The van der Waals surface area contributed by atoms with Crippen LogP contribution in [-0.4, -0.2) is 25.4 Å². The molecular formula is C13H19NO2. The summed E-state index contributed by atoms with van der Waals surface area (Å²) >= 11 is 0. The minimum absolute atomic E-state index is 0.0131. The average Bonchev–Trinajstić information content (AvgIpc) is 2.32. The fraction of sp³-hybridized carbons (Fsp3) is 0.538. The van der Waals surface area contributed by atoms with Crippen molar-refractivity contribution < 1.29 is 9.47 Å². The summed E-state index contributed by atoms with van der Waals surface area (Å²) in [5, 5.41) is 0. The van der Waals surface area contributed by atoms with Crippen LogP contribution in [-0.2, 0) is 11.2 Å². The predicted molar refractivity (Wildman–Crippen MR) is 63.6 cm³/mol. The molecule has 1 aromatic rings. The van der Waals surface area contributed by atoms with E-state index in [2.05, 4.69) is 19.1 Å². The summed E-state index contributed by atoms with van der Waals surface area (Å²) in [5.41, 5.74) is 7.27. The summed E-state index contributed by atoms with van der Waals surface area (Å²) in [6.07, 6.45) is 1.88. The second-order valence-corrected chi connectivity index (χ2v) is 4.18. The van der Waals surface area contributed by atoms with E-state index in [0.717, 1.165) is 25.2 Å². The Labute approximate surface area is 96.5 Å². The molecule has 0 amide bonds. The molecule has 0 radical (unpaired) electrons. The van der Waals surface area contributed by atoms with Gasteiger partial charge in [-0.25, -0.2) is 0 Å². The number of aryl methyl sites for hydroxylation is 1. The largest absolute Gasteiger partial charge is 0.486 e. The monoisotopic (exact) mass is 221 g/mol. The van der Waals surface area contributed by atoms with Crippen LogP contribution in [0, 0.1) is 0 Å². The molecule has 3 heteroatoms. The molecule has 3 nitrogen and oxygen atoms in total. The molecular weight excluding hydrogens is 202 g/mol. The third-order valence-electron chi connectivity index (χ3n) is 2.95. The van der Waals surface area contributed by atoms with Crippen LogP contribution in [0.25, 0.3) is 0 Å². The SMILES string of the molecule is CCc1cccc(OC2COCCC2N)c1. The molecule has 0 bridgehead atoms. The molecule has 16 heavy (non-hydrogen) atoms. The van der Waals surface area contributed by atoms with E-state index in [4.69, 9.17) is 15.2 Å². The van der Waals surface area contributed by atoms with E-state index < -0.39 is 0 Å². The number of ether oxygens (including phenoxy) is 2. The van der Waals surface area contributed by atoms with Gasteiger partial charge in [-0.05, 0) is 30.5 Å². The highest BCUT2D eigenvalue weighted by molar-refractivity contribution is 5.28. The first-order valence-corrected chi connectivity index (χ1v) is 5.88. The number of benzene rings is 1. The Balaban J connectivity index is 2.01. The van der Waals surface area contributed by atoms with Gasteiger partial charge >= 0.3 is 0 Å². The first-order valence-electron chi connectivity index (χ1n) is 5.88. The zero-order valence-electron chi connectivity index (χ0n) is 9.69. The van der Waals surface area contributed by atoms with Gasteiger partial charge in [0.2, 0.25) is 0 Å². The van der Waals surface area contributed by atoms with Crippen molar-refractivity contribution in [2.24, 2.45) is 5.73 Å². The lowest BCUT2D eigenvalue weighted by atomic mass is 10.1. The van der Waals surface area contributed by atoms with Gasteiger partial charge in [0, 0.05) is 12.6 Å². The molecule has 1 aliphatic rings. The van der Waals surface area contributed by atoms with Crippen molar-refractivity contribution in [3.8, 4) is 5.75 Å². The summed E-state index contributed by atoms with van der Waals surface area (Å²) in [6, 6.07) is 8.24. The average molecular weight is 221 g/mol. The van der Waals surface area contributed by atoms with Crippen molar-refractivity contribution in [3.05, 3.63) is 29.8 Å². The molecule has 1 aliphatic heterocycles. The standard InChI is InChI=1S/C13H19NO2/c1-2-10-4-3-5-11(8-10)16-13-9-15-7-6-12(13)14/h3-5,8,12-13H,2,6-7,9,14H2,1H3. The van der Waals surface area contributed by atoms with Gasteiger partial charge in [-0.3, -0.25) is 0 Å². The minimum atomic E-state index is -0.0131. The Morgan fingerprint density at radius 1 is 1.50 bits per heavy atom. The van der Waals surface area contributed by atoms with Gasteiger partial charge in [-0.1, -0.05) is 19.1 Å². The van der Waals surface area contributed by atoms with Gasteiger partial charge in [0.15, 0.2) is 0 Å². The van der Waals surface area contributed by atoms with Crippen molar-refractivity contribution >= 4 is 0 Å². The smallest absolute Gasteiger partial charge is 0.137 e. The minimum Gasteiger partial charge on any atom is -0.486 e. The summed E-state index contributed by atoms with van der Waals surface area (Å²) in [7, 11) is 0. The fourth-order valence-electron chi connectivity index (χ4n) is 1.86. The third-order valence-corrected chi connectivity index (χ3v) is 2.95. The summed E-state index contributed by atoms with van der Waals surface area (Å²) in [4.78, 5) is 0. The Morgan fingerprint density at radius 3 is 3.12 bits per heavy atom. The van der Waals surface area contributed by atoms with Gasteiger partial charge < -0.3 is 15.2 Å². The van der Waals surface area contributed by atoms with Gasteiger partial charge in [-0.15, -0.1) is 0 Å². The first kappa shape index (κ1) is 11.4. The maximum atomic E-state index is 5.99. The highest BCUT2D eigenvalue weighted by Gasteiger charge is 2.23. The van der Waals surface area contributed by atoms with E-state index in [1.807, 2.05) is 12.1 Å². The van der Waals surface area contributed by atoms with E-state index in [1.54, 1.807) is 0 Å². The van der Waals surface area contributed by atoms with Gasteiger partial charge in [0.05, 0.1) is 6.61 Å². The molecule has 0 aromatic heterocycles. The van der Waals surface area contributed by atoms with Crippen LogP contribution >= 0.6 is 0 Å². The van der Waals surface area contributed by atoms with Crippen LogP contribution in [0.5, 0.6) is 5.75 Å². The van der Waals surface area contributed by atoms with Crippen LogP contribution in [0.2, 0.25) is 0 Å². The molecule has 0 saturated carbocycles. The molecule has 1 saturated heterocycles. The molecule has 0 spiro atoms. The highest BCUT2D eigenvalue weighted by atomic mass is 16.5.